The van der Waals surface area contributed by atoms with Gasteiger partial charge in [0.15, 0.2) is 17.3 Å². The van der Waals surface area contributed by atoms with Crippen LogP contribution in [-0.4, -0.2) is 25.5 Å². The van der Waals surface area contributed by atoms with Crippen LogP contribution in [0.3, 0.4) is 0 Å². The molecule has 0 saturated carbocycles. The highest BCUT2D eigenvalue weighted by molar-refractivity contribution is 9.10. The summed E-state index contributed by atoms with van der Waals surface area (Å²) in [6.07, 6.45) is 0. The predicted molar refractivity (Wildman–Crippen MR) is 162 cm³/mol. The molecule has 2 aliphatic rings. The third kappa shape index (κ3) is 4.70. The summed E-state index contributed by atoms with van der Waals surface area (Å²) in [7, 11) is 1.35. The number of allylic oxidation sites excluding steroid dienone is 2. The summed E-state index contributed by atoms with van der Waals surface area (Å²) < 4.78 is 18.2. The first-order valence-corrected chi connectivity index (χ1v) is 14.2. The quantitative estimate of drug-likeness (QED) is 0.221. The minimum absolute atomic E-state index is 0.118. The summed E-state index contributed by atoms with van der Waals surface area (Å²) in [6.45, 7) is 4.48. The van der Waals surface area contributed by atoms with Crippen molar-refractivity contribution in [2.45, 2.75) is 26.4 Å². The Morgan fingerprint density at radius 3 is 2.41 bits per heavy atom. The van der Waals surface area contributed by atoms with E-state index in [2.05, 4.69) is 45.5 Å². The molecule has 4 aromatic carbocycles. The van der Waals surface area contributed by atoms with Gasteiger partial charge in [-0.25, -0.2) is 4.79 Å². The van der Waals surface area contributed by atoms with E-state index >= 15 is 0 Å². The molecule has 0 spiro atoms. The Morgan fingerprint density at radius 2 is 1.66 bits per heavy atom. The number of benzene rings is 4. The van der Waals surface area contributed by atoms with Gasteiger partial charge in [-0.05, 0) is 69.9 Å². The van der Waals surface area contributed by atoms with Gasteiger partial charge < -0.3 is 19.5 Å². The van der Waals surface area contributed by atoms with Crippen LogP contribution in [0, 0.1) is 0 Å². The SMILES string of the molecule is CCOc1cc([C@H]2C(C(=O)OC)=C(C)NC3=C2C(=O)c2ccccc23)cc(Br)c1OCc1ccc2ccccc2c1. The van der Waals surface area contributed by atoms with Crippen molar-refractivity contribution in [1.82, 2.24) is 5.32 Å². The van der Waals surface area contributed by atoms with Crippen molar-refractivity contribution >= 4 is 44.2 Å². The number of methoxy groups -OCH3 is 1. The zero-order valence-corrected chi connectivity index (χ0v) is 24.5. The smallest absolute Gasteiger partial charge is 0.336 e. The lowest BCUT2D eigenvalue weighted by atomic mass is 9.79. The van der Waals surface area contributed by atoms with Crippen LogP contribution in [0.25, 0.3) is 16.5 Å². The van der Waals surface area contributed by atoms with E-state index in [0.29, 0.717) is 62.9 Å². The van der Waals surface area contributed by atoms with E-state index in [9.17, 15) is 9.59 Å². The Hall–Kier alpha value is -4.36. The third-order valence-electron chi connectivity index (χ3n) is 7.52. The number of nitrogens with one attached hydrogen (secondary N) is 1. The van der Waals surface area contributed by atoms with Crippen molar-refractivity contribution in [2.75, 3.05) is 13.7 Å². The van der Waals surface area contributed by atoms with Gasteiger partial charge in [-0.1, -0.05) is 60.7 Å². The van der Waals surface area contributed by atoms with Gasteiger partial charge in [0.2, 0.25) is 0 Å². The topological polar surface area (TPSA) is 73.9 Å². The van der Waals surface area contributed by atoms with E-state index in [4.69, 9.17) is 14.2 Å². The van der Waals surface area contributed by atoms with E-state index in [0.717, 1.165) is 16.5 Å². The average Bonchev–Trinajstić information content (AvgIpc) is 3.26. The molecule has 0 radical (unpaired) electrons. The maximum Gasteiger partial charge on any atom is 0.336 e. The van der Waals surface area contributed by atoms with Gasteiger partial charge in [0, 0.05) is 28.3 Å². The number of carbonyl (C=O) groups excluding carboxylic acids is 2. The lowest BCUT2D eigenvalue weighted by Gasteiger charge is -2.29. The van der Waals surface area contributed by atoms with Crippen molar-refractivity contribution in [3.8, 4) is 11.5 Å². The van der Waals surface area contributed by atoms with Crippen LogP contribution >= 0.6 is 15.9 Å². The number of hydrogen-bond donors (Lipinski definition) is 1. The van der Waals surface area contributed by atoms with Gasteiger partial charge in [-0.15, -0.1) is 0 Å². The Morgan fingerprint density at radius 1 is 0.927 bits per heavy atom. The summed E-state index contributed by atoms with van der Waals surface area (Å²) in [5, 5.41) is 5.63. The number of dihydropyridines is 1. The van der Waals surface area contributed by atoms with Gasteiger partial charge in [0.05, 0.1) is 29.5 Å². The van der Waals surface area contributed by atoms with Crippen LogP contribution in [0.1, 0.15) is 46.8 Å². The van der Waals surface area contributed by atoms with E-state index in [1.54, 1.807) is 0 Å². The molecule has 4 aromatic rings. The maximum absolute atomic E-state index is 13.8. The summed E-state index contributed by atoms with van der Waals surface area (Å²) in [4.78, 5) is 26.9. The molecular formula is C34H28BrNO5. The lowest BCUT2D eigenvalue weighted by molar-refractivity contribution is -0.136. The average molecular weight is 611 g/mol. The van der Waals surface area contributed by atoms with Crippen molar-refractivity contribution in [3.63, 3.8) is 0 Å². The zero-order chi connectivity index (χ0) is 28.7. The molecule has 0 aromatic heterocycles. The first kappa shape index (κ1) is 26.8. The number of hydrogen-bond acceptors (Lipinski definition) is 6. The fourth-order valence-corrected chi connectivity index (χ4v) is 6.26. The number of Topliss-reactive ketones (excluding diaryl/α,β-unsaturated/α-hetero) is 1. The predicted octanol–water partition coefficient (Wildman–Crippen LogP) is 7.32. The summed E-state index contributed by atoms with van der Waals surface area (Å²) >= 11 is 3.70. The number of halogens is 1. The van der Waals surface area contributed by atoms with Crippen LogP contribution < -0.4 is 14.8 Å². The number of ether oxygens (including phenoxy) is 3. The first-order valence-electron chi connectivity index (χ1n) is 13.4. The fourth-order valence-electron chi connectivity index (χ4n) is 5.68. The molecule has 6 nitrogen and oxygen atoms in total. The highest BCUT2D eigenvalue weighted by Crippen LogP contribution is 2.49. The largest absolute Gasteiger partial charge is 0.490 e. The van der Waals surface area contributed by atoms with E-state index < -0.39 is 11.9 Å². The molecule has 0 unspecified atom stereocenters. The molecule has 0 amide bonds. The van der Waals surface area contributed by atoms with E-state index in [-0.39, 0.29) is 5.78 Å². The fraction of sp³-hybridized carbons (Fsp3) is 0.176. The Kier molecular flexibility index (Phi) is 7.14. The number of fused-ring (bicyclic) bond motifs is 3. The second-order valence-electron chi connectivity index (χ2n) is 9.98. The summed E-state index contributed by atoms with van der Waals surface area (Å²) in [6, 6.07) is 25.7. The van der Waals surface area contributed by atoms with Crippen molar-refractivity contribution in [3.05, 3.63) is 122 Å². The molecule has 1 atom stereocenters. The van der Waals surface area contributed by atoms with Gasteiger partial charge in [0.25, 0.3) is 0 Å². The van der Waals surface area contributed by atoms with Crippen molar-refractivity contribution in [1.29, 1.82) is 0 Å². The van der Waals surface area contributed by atoms with Crippen LogP contribution in [0.2, 0.25) is 0 Å². The Labute approximate surface area is 246 Å². The highest BCUT2D eigenvalue weighted by Gasteiger charge is 2.43. The second-order valence-corrected chi connectivity index (χ2v) is 10.8. The van der Waals surface area contributed by atoms with Crippen LogP contribution in [0.4, 0.5) is 0 Å². The monoisotopic (exact) mass is 609 g/mol. The molecule has 41 heavy (non-hydrogen) atoms. The Bertz CT molecular complexity index is 1790. The van der Waals surface area contributed by atoms with Gasteiger partial charge in [-0.3, -0.25) is 4.79 Å². The number of ketones is 1. The Balaban J connectivity index is 1.42. The molecule has 1 aliphatic carbocycles. The standard InChI is InChI=1S/C34H28BrNO5/c1-4-40-27-17-23(16-26(35)33(27)41-18-20-13-14-21-9-5-6-10-22(21)15-20)29-28(34(38)39-3)19(2)36-31-24-11-7-8-12-25(24)32(37)30(29)31/h5-17,29,36H,4,18H2,1-3H3/t29-/m0/s1. The zero-order valence-electron chi connectivity index (χ0n) is 22.9. The summed E-state index contributed by atoms with van der Waals surface area (Å²) in [5.41, 5.74) is 5.41. The molecule has 7 heteroatoms. The molecule has 1 heterocycles. The number of esters is 1. The van der Waals surface area contributed by atoms with Gasteiger partial charge in [-0.2, -0.15) is 0 Å². The molecule has 6 rings (SSSR count). The molecule has 0 saturated heterocycles. The molecule has 0 fully saturated rings. The number of rotatable bonds is 7. The normalized spacial score (nSPS) is 15.9. The second kappa shape index (κ2) is 10.9. The molecule has 206 valence electrons. The molecular weight excluding hydrogens is 582 g/mol. The van der Waals surface area contributed by atoms with Crippen molar-refractivity contribution < 1.29 is 23.8 Å². The lowest BCUT2D eigenvalue weighted by Crippen LogP contribution is -2.29. The first-order chi connectivity index (χ1) is 19.9. The van der Waals surface area contributed by atoms with Gasteiger partial charge in [0.1, 0.15) is 6.61 Å². The number of carbonyl (C=O) groups is 2. The maximum atomic E-state index is 13.8. The van der Waals surface area contributed by atoms with E-state index in [1.807, 2.05) is 68.4 Å². The van der Waals surface area contributed by atoms with Gasteiger partial charge >= 0.3 is 5.97 Å². The van der Waals surface area contributed by atoms with Crippen LogP contribution in [-0.2, 0) is 16.1 Å². The van der Waals surface area contributed by atoms with Crippen molar-refractivity contribution in [2.24, 2.45) is 0 Å². The summed E-state index contributed by atoms with van der Waals surface area (Å²) in [5.74, 6) is -0.214. The van der Waals surface area contributed by atoms with E-state index in [1.165, 1.54) is 12.5 Å². The molecule has 1 aliphatic heterocycles. The van der Waals surface area contributed by atoms with Crippen LogP contribution in [0.15, 0.2) is 100 Å². The highest BCUT2D eigenvalue weighted by atomic mass is 79.9. The molecule has 0 bridgehead atoms. The third-order valence-corrected chi connectivity index (χ3v) is 8.11. The molecule has 1 N–H and O–H groups in total. The van der Waals surface area contributed by atoms with Crippen LogP contribution in [0.5, 0.6) is 11.5 Å². The minimum Gasteiger partial charge on any atom is -0.490 e. The minimum atomic E-state index is -0.663.